The van der Waals surface area contributed by atoms with Crippen LogP contribution in [0.5, 0.6) is 0 Å². The fourth-order valence-electron chi connectivity index (χ4n) is 2.65. The summed E-state index contributed by atoms with van der Waals surface area (Å²) in [5.74, 6) is 0.519. The van der Waals surface area contributed by atoms with Gasteiger partial charge in [0.15, 0.2) is 9.84 Å². The Morgan fingerprint density at radius 3 is 2.81 bits per heavy atom. The number of rotatable bonds is 2. The van der Waals surface area contributed by atoms with E-state index in [0.29, 0.717) is 18.9 Å². The lowest BCUT2D eigenvalue weighted by atomic mass is 10.00. The van der Waals surface area contributed by atoms with Gasteiger partial charge in [-0.3, -0.25) is 0 Å². The van der Waals surface area contributed by atoms with Crippen LogP contribution in [-0.2, 0) is 22.8 Å². The zero-order valence-electron chi connectivity index (χ0n) is 11.6. The molecule has 0 atom stereocenters. The summed E-state index contributed by atoms with van der Waals surface area (Å²) in [6.45, 7) is 1.33. The predicted octanol–water partition coefficient (Wildman–Crippen LogP) is 2.70. The number of nitrogens with zero attached hydrogens (tertiary/aromatic N) is 2. The lowest BCUT2D eigenvalue weighted by Crippen LogP contribution is -2.32. The van der Waals surface area contributed by atoms with Crippen molar-refractivity contribution in [2.24, 2.45) is 0 Å². The fourth-order valence-corrected chi connectivity index (χ4v) is 3.78. The van der Waals surface area contributed by atoms with E-state index in [1.54, 1.807) is 18.3 Å². The molecule has 0 fully saturated rings. The number of hydrogen-bond acceptors (Lipinski definition) is 4. The summed E-state index contributed by atoms with van der Waals surface area (Å²) in [5, 5.41) is 0.775. The second kappa shape index (κ2) is 5.31. The van der Waals surface area contributed by atoms with Gasteiger partial charge in [0, 0.05) is 30.6 Å². The lowest BCUT2D eigenvalue weighted by molar-refractivity contribution is 0.600. The van der Waals surface area contributed by atoms with Gasteiger partial charge in [0.05, 0.1) is 0 Å². The Hall–Kier alpha value is -1.59. The van der Waals surface area contributed by atoms with Crippen molar-refractivity contribution < 1.29 is 8.42 Å². The summed E-state index contributed by atoms with van der Waals surface area (Å²) in [6.07, 6.45) is 3.62. The van der Waals surface area contributed by atoms with Crippen molar-refractivity contribution in [3.63, 3.8) is 0 Å². The van der Waals surface area contributed by atoms with Crippen LogP contribution in [0.15, 0.2) is 41.4 Å². The van der Waals surface area contributed by atoms with E-state index in [-0.39, 0.29) is 4.90 Å². The highest BCUT2D eigenvalue weighted by atomic mass is 35.5. The van der Waals surface area contributed by atoms with Crippen LogP contribution in [0.4, 0.5) is 5.82 Å². The third-order valence-electron chi connectivity index (χ3n) is 3.66. The summed E-state index contributed by atoms with van der Waals surface area (Å²) >= 11 is 6.21. The van der Waals surface area contributed by atoms with Crippen molar-refractivity contribution in [3.05, 3.63) is 52.7 Å². The third-order valence-corrected chi connectivity index (χ3v) is 5.13. The molecule has 21 heavy (non-hydrogen) atoms. The van der Waals surface area contributed by atoms with Crippen molar-refractivity contribution in [1.82, 2.24) is 4.98 Å². The molecule has 2 aromatic rings. The summed E-state index contributed by atoms with van der Waals surface area (Å²) in [5.41, 5.74) is 2.27. The van der Waals surface area contributed by atoms with Crippen LogP contribution in [0.3, 0.4) is 0 Å². The zero-order valence-corrected chi connectivity index (χ0v) is 13.2. The molecule has 110 valence electrons. The number of halogens is 1. The average Bonchev–Trinajstić information content (AvgIpc) is 2.46. The van der Waals surface area contributed by atoms with Crippen molar-refractivity contribution in [3.8, 4) is 0 Å². The first-order valence-electron chi connectivity index (χ1n) is 6.63. The maximum Gasteiger partial charge on any atom is 0.179 e. The van der Waals surface area contributed by atoms with Crippen LogP contribution in [0, 0.1) is 0 Å². The molecule has 1 aromatic carbocycles. The quantitative estimate of drug-likeness (QED) is 0.853. The molecular formula is C15H15ClN2O2S. The van der Waals surface area contributed by atoms with E-state index < -0.39 is 9.84 Å². The molecular weight excluding hydrogens is 308 g/mol. The number of pyridine rings is 1. The number of sulfone groups is 1. The Kier molecular flexibility index (Phi) is 3.63. The van der Waals surface area contributed by atoms with Crippen LogP contribution >= 0.6 is 11.6 Å². The van der Waals surface area contributed by atoms with Crippen LogP contribution in [0.25, 0.3) is 0 Å². The second-order valence-corrected chi connectivity index (χ2v) is 7.54. The van der Waals surface area contributed by atoms with Crippen LogP contribution in [0.1, 0.15) is 11.1 Å². The number of aromatic nitrogens is 1. The van der Waals surface area contributed by atoms with E-state index in [0.717, 1.165) is 22.6 Å². The van der Waals surface area contributed by atoms with E-state index in [2.05, 4.69) is 4.98 Å². The molecule has 4 nitrogen and oxygen atoms in total. The minimum absolute atomic E-state index is 0.274. The number of anilines is 1. The molecule has 0 saturated heterocycles. The maximum absolute atomic E-state index is 11.9. The molecule has 2 heterocycles. The normalized spacial score (nSPS) is 14.9. The minimum Gasteiger partial charge on any atom is -0.351 e. The van der Waals surface area contributed by atoms with E-state index in [4.69, 9.17) is 11.6 Å². The van der Waals surface area contributed by atoms with Crippen molar-refractivity contribution in [1.29, 1.82) is 0 Å². The van der Waals surface area contributed by atoms with Crippen LogP contribution in [0.2, 0.25) is 5.02 Å². The number of benzene rings is 1. The van der Waals surface area contributed by atoms with E-state index in [9.17, 15) is 8.42 Å². The zero-order chi connectivity index (χ0) is 15.0. The topological polar surface area (TPSA) is 50.3 Å². The Labute approximate surface area is 129 Å². The lowest BCUT2D eigenvalue weighted by Gasteiger charge is -2.31. The number of fused-ring (bicyclic) bond motifs is 1. The molecule has 0 spiro atoms. The Bertz CT molecular complexity index is 790. The van der Waals surface area contributed by atoms with Gasteiger partial charge in [-0.05, 0) is 35.7 Å². The van der Waals surface area contributed by atoms with Crippen LogP contribution in [-0.4, -0.2) is 26.2 Å². The molecule has 3 rings (SSSR count). The van der Waals surface area contributed by atoms with Gasteiger partial charge in [0.25, 0.3) is 0 Å². The van der Waals surface area contributed by atoms with Gasteiger partial charge in [-0.15, -0.1) is 0 Å². The molecule has 1 aliphatic heterocycles. The molecule has 1 aliphatic rings. The Balaban J connectivity index is 2.01. The molecule has 0 bridgehead atoms. The fraction of sp³-hybridized carbons (Fsp3) is 0.267. The van der Waals surface area contributed by atoms with Gasteiger partial charge in [-0.2, -0.15) is 0 Å². The van der Waals surface area contributed by atoms with Crippen molar-refractivity contribution in [2.75, 3.05) is 17.7 Å². The molecule has 0 aliphatic carbocycles. The van der Waals surface area contributed by atoms with Gasteiger partial charge < -0.3 is 4.90 Å². The monoisotopic (exact) mass is 322 g/mol. The highest BCUT2D eigenvalue weighted by Crippen LogP contribution is 2.30. The predicted molar refractivity (Wildman–Crippen MR) is 83.6 cm³/mol. The standard InChI is InChI=1S/C15H15ClN2O2S/c1-21(19,20)14-6-3-8-17-15(14)18-9-7-12-11(10-18)4-2-5-13(12)16/h2-6,8H,7,9-10H2,1H3. The van der Waals surface area contributed by atoms with Crippen LogP contribution < -0.4 is 4.90 Å². The van der Waals surface area contributed by atoms with E-state index in [1.807, 2.05) is 23.1 Å². The first-order chi connectivity index (χ1) is 9.97. The van der Waals surface area contributed by atoms with Gasteiger partial charge in [0.2, 0.25) is 0 Å². The maximum atomic E-state index is 11.9. The largest absolute Gasteiger partial charge is 0.351 e. The van der Waals surface area contributed by atoms with Crippen molar-refractivity contribution >= 4 is 27.3 Å². The second-order valence-electron chi connectivity index (χ2n) is 5.15. The molecule has 0 saturated carbocycles. The molecule has 1 aromatic heterocycles. The molecule has 0 N–H and O–H groups in total. The summed E-state index contributed by atoms with van der Waals surface area (Å²) in [6, 6.07) is 9.08. The smallest absolute Gasteiger partial charge is 0.179 e. The summed E-state index contributed by atoms with van der Waals surface area (Å²) in [7, 11) is -3.30. The average molecular weight is 323 g/mol. The SMILES string of the molecule is CS(=O)(=O)c1cccnc1N1CCc2c(Cl)cccc2C1. The molecule has 0 amide bonds. The first kappa shape index (κ1) is 14.4. The Morgan fingerprint density at radius 1 is 1.24 bits per heavy atom. The third kappa shape index (κ3) is 2.76. The summed E-state index contributed by atoms with van der Waals surface area (Å²) < 4.78 is 23.8. The highest BCUT2D eigenvalue weighted by Gasteiger charge is 2.24. The van der Waals surface area contributed by atoms with Gasteiger partial charge >= 0.3 is 0 Å². The Morgan fingerprint density at radius 2 is 2.05 bits per heavy atom. The highest BCUT2D eigenvalue weighted by molar-refractivity contribution is 7.90. The molecule has 0 unspecified atom stereocenters. The van der Waals surface area contributed by atoms with E-state index >= 15 is 0 Å². The minimum atomic E-state index is -3.30. The first-order valence-corrected chi connectivity index (χ1v) is 8.90. The van der Waals surface area contributed by atoms with Gasteiger partial charge in [-0.1, -0.05) is 23.7 Å². The van der Waals surface area contributed by atoms with Crippen molar-refractivity contribution in [2.45, 2.75) is 17.9 Å². The van der Waals surface area contributed by atoms with Gasteiger partial charge in [0.1, 0.15) is 10.7 Å². The van der Waals surface area contributed by atoms with Gasteiger partial charge in [-0.25, -0.2) is 13.4 Å². The molecule has 6 heteroatoms. The van der Waals surface area contributed by atoms with E-state index in [1.165, 1.54) is 6.26 Å². The number of hydrogen-bond donors (Lipinski definition) is 0. The summed E-state index contributed by atoms with van der Waals surface area (Å²) in [4.78, 5) is 6.55. The molecule has 0 radical (unpaired) electrons.